The Hall–Kier alpha value is -2.11. The molecule has 0 unspecified atom stereocenters. The summed E-state index contributed by atoms with van der Waals surface area (Å²) in [6, 6.07) is 7.06. The van der Waals surface area contributed by atoms with Gasteiger partial charge in [-0.25, -0.2) is 4.79 Å². The van der Waals surface area contributed by atoms with Gasteiger partial charge in [-0.2, -0.15) is 0 Å². The summed E-state index contributed by atoms with van der Waals surface area (Å²) >= 11 is 0. The number of carbonyl (C=O) groups excluding carboxylic acids is 1. The van der Waals surface area contributed by atoms with Crippen LogP contribution in [0.15, 0.2) is 42.0 Å². The molecule has 130 valence electrons. The molecule has 1 aromatic carbocycles. The Labute approximate surface area is 142 Å². The van der Waals surface area contributed by atoms with Crippen LogP contribution in [0.2, 0.25) is 0 Å². The summed E-state index contributed by atoms with van der Waals surface area (Å²) in [6.07, 6.45) is 5.24. The number of phenolic OH excluding ortho intramolecular Hbond substituents is 1. The van der Waals surface area contributed by atoms with Crippen molar-refractivity contribution in [1.82, 2.24) is 0 Å². The van der Waals surface area contributed by atoms with E-state index < -0.39 is 5.97 Å². The zero-order valence-corrected chi connectivity index (χ0v) is 14.2. The Morgan fingerprint density at radius 2 is 2.00 bits per heavy atom. The van der Waals surface area contributed by atoms with Gasteiger partial charge in [-0.05, 0) is 37.5 Å². The quantitative estimate of drug-likeness (QED) is 0.491. The van der Waals surface area contributed by atoms with Crippen molar-refractivity contribution < 1.29 is 24.1 Å². The molecule has 5 heteroatoms. The number of allylic oxidation sites excluding steroid dienone is 3. The molecule has 0 bridgehead atoms. The summed E-state index contributed by atoms with van der Waals surface area (Å²) in [5.74, 6) is -0.263. The smallest absolute Gasteiger partial charge is 0.330 e. The van der Waals surface area contributed by atoms with Gasteiger partial charge in [0.1, 0.15) is 5.75 Å². The van der Waals surface area contributed by atoms with Gasteiger partial charge in [0.05, 0.1) is 20.3 Å². The fourth-order valence-electron chi connectivity index (χ4n) is 2.56. The van der Waals surface area contributed by atoms with E-state index in [2.05, 4.69) is 4.74 Å². The van der Waals surface area contributed by atoms with E-state index in [1.807, 2.05) is 19.1 Å². The topological polar surface area (TPSA) is 65.0 Å². The number of hydrogen-bond acceptors (Lipinski definition) is 5. The molecule has 5 nitrogen and oxygen atoms in total. The van der Waals surface area contributed by atoms with Crippen LogP contribution in [0.3, 0.4) is 0 Å². The minimum absolute atomic E-state index is 0.173. The maximum atomic E-state index is 11.4. The van der Waals surface area contributed by atoms with Crippen molar-refractivity contribution >= 4 is 11.5 Å². The van der Waals surface area contributed by atoms with E-state index in [4.69, 9.17) is 9.47 Å². The molecule has 2 rings (SSSR count). The van der Waals surface area contributed by atoms with E-state index in [1.54, 1.807) is 18.2 Å². The number of carbonyl (C=O) groups is 1. The lowest BCUT2D eigenvalue weighted by Gasteiger charge is -2.23. The average molecular weight is 332 g/mol. The maximum absolute atomic E-state index is 11.4. The van der Waals surface area contributed by atoms with E-state index in [0.717, 1.165) is 43.6 Å². The third-order valence-electron chi connectivity index (χ3n) is 3.89. The zero-order chi connectivity index (χ0) is 17.4. The van der Waals surface area contributed by atoms with Crippen LogP contribution in [0.5, 0.6) is 5.75 Å². The van der Waals surface area contributed by atoms with Gasteiger partial charge in [0, 0.05) is 18.1 Å². The number of para-hydroxylation sites is 1. The van der Waals surface area contributed by atoms with Crippen LogP contribution in [-0.4, -0.2) is 37.7 Å². The highest BCUT2D eigenvalue weighted by atomic mass is 16.7. The summed E-state index contributed by atoms with van der Waals surface area (Å²) in [4.78, 5) is 11.4. The van der Waals surface area contributed by atoms with Crippen molar-refractivity contribution in [3.63, 3.8) is 0 Å². The van der Waals surface area contributed by atoms with Crippen molar-refractivity contribution in [2.24, 2.45) is 0 Å². The number of benzene rings is 1. The summed E-state index contributed by atoms with van der Waals surface area (Å²) in [5, 5.41) is 10.1. The van der Waals surface area contributed by atoms with Gasteiger partial charge in [-0.1, -0.05) is 23.8 Å². The van der Waals surface area contributed by atoms with Gasteiger partial charge >= 0.3 is 5.97 Å². The number of ether oxygens (including phenoxy) is 3. The molecule has 1 aliphatic rings. The van der Waals surface area contributed by atoms with Crippen LogP contribution in [0.4, 0.5) is 0 Å². The molecule has 1 heterocycles. The Morgan fingerprint density at radius 3 is 2.67 bits per heavy atom. The van der Waals surface area contributed by atoms with Crippen LogP contribution in [-0.2, 0) is 19.0 Å². The van der Waals surface area contributed by atoms with Crippen LogP contribution in [0, 0.1) is 0 Å². The van der Waals surface area contributed by atoms with Gasteiger partial charge < -0.3 is 19.3 Å². The molecule has 0 atom stereocenters. The second kappa shape index (κ2) is 9.25. The number of aromatic hydroxyl groups is 1. The van der Waals surface area contributed by atoms with Crippen molar-refractivity contribution in [2.75, 3.05) is 20.3 Å². The van der Waals surface area contributed by atoms with Crippen molar-refractivity contribution in [1.29, 1.82) is 0 Å². The third-order valence-corrected chi connectivity index (χ3v) is 3.89. The van der Waals surface area contributed by atoms with Crippen molar-refractivity contribution in [3.8, 4) is 5.75 Å². The summed E-state index contributed by atoms with van der Waals surface area (Å²) in [5.41, 5.74) is 2.52. The lowest BCUT2D eigenvalue weighted by molar-refractivity contribution is -0.180. The van der Waals surface area contributed by atoms with Crippen molar-refractivity contribution in [3.05, 3.63) is 47.6 Å². The Bertz CT molecular complexity index is 612. The molecule has 24 heavy (non-hydrogen) atoms. The highest BCUT2D eigenvalue weighted by Crippen LogP contribution is 2.30. The van der Waals surface area contributed by atoms with E-state index in [0.29, 0.717) is 5.56 Å². The highest BCUT2D eigenvalue weighted by molar-refractivity contribution is 5.88. The lowest BCUT2D eigenvalue weighted by Crippen LogP contribution is -2.24. The van der Waals surface area contributed by atoms with Gasteiger partial charge in [0.2, 0.25) is 0 Å². The Kier molecular flexibility index (Phi) is 7.03. The minimum atomic E-state index is -0.435. The normalized spacial score (nSPS) is 16.9. The second-order valence-electron chi connectivity index (χ2n) is 5.63. The molecular formula is C19H24O5. The number of phenols is 1. The van der Waals surface area contributed by atoms with Crippen LogP contribution in [0.1, 0.15) is 31.7 Å². The number of rotatable bonds is 6. The number of hydrogen-bond donors (Lipinski definition) is 1. The zero-order valence-electron chi connectivity index (χ0n) is 14.2. The summed E-state index contributed by atoms with van der Waals surface area (Å²) in [7, 11) is 1.33. The molecule has 1 saturated heterocycles. The highest BCUT2D eigenvalue weighted by Gasteiger charge is 2.15. The fraction of sp³-hybridized carbons (Fsp3) is 0.421. The first-order valence-corrected chi connectivity index (χ1v) is 8.09. The molecule has 1 aromatic rings. The van der Waals surface area contributed by atoms with Crippen LogP contribution < -0.4 is 0 Å². The SMILES string of the molecule is COC(=O)/C=C/C(=C(/C)CCC1OCCCO1)c1ccccc1O. The van der Waals surface area contributed by atoms with Gasteiger partial charge in [-0.15, -0.1) is 0 Å². The van der Waals surface area contributed by atoms with Gasteiger partial charge in [0.15, 0.2) is 6.29 Å². The summed E-state index contributed by atoms with van der Waals surface area (Å²) in [6.45, 7) is 3.43. The van der Waals surface area contributed by atoms with Crippen molar-refractivity contribution in [2.45, 2.75) is 32.5 Å². The van der Waals surface area contributed by atoms with Gasteiger partial charge in [0.25, 0.3) is 0 Å². The van der Waals surface area contributed by atoms with Crippen LogP contribution >= 0.6 is 0 Å². The average Bonchev–Trinajstić information content (AvgIpc) is 2.62. The molecule has 1 fully saturated rings. The van der Waals surface area contributed by atoms with Crippen LogP contribution in [0.25, 0.3) is 5.57 Å². The third kappa shape index (κ3) is 5.22. The Balaban J connectivity index is 2.20. The predicted octanol–water partition coefficient (Wildman–Crippen LogP) is 3.44. The molecule has 0 amide bonds. The molecule has 0 radical (unpaired) electrons. The minimum Gasteiger partial charge on any atom is -0.507 e. The molecule has 0 spiro atoms. The molecule has 0 aromatic heterocycles. The summed E-state index contributed by atoms with van der Waals surface area (Å²) < 4.78 is 15.8. The molecule has 1 N–H and O–H groups in total. The fourth-order valence-corrected chi connectivity index (χ4v) is 2.56. The molecular weight excluding hydrogens is 308 g/mol. The monoisotopic (exact) mass is 332 g/mol. The maximum Gasteiger partial charge on any atom is 0.330 e. The molecule has 0 saturated carbocycles. The first kappa shape index (κ1) is 18.2. The lowest BCUT2D eigenvalue weighted by atomic mass is 9.96. The largest absolute Gasteiger partial charge is 0.507 e. The van der Waals surface area contributed by atoms with E-state index in [9.17, 15) is 9.90 Å². The predicted molar refractivity (Wildman–Crippen MR) is 91.4 cm³/mol. The van der Waals surface area contributed by atoms with Gasteiger partial charge in [-0.3, -0.25) is 0 Å². The molecule has 0 aliphatic carbocycles. The van der Waals surface area contributed by atoms with E-state index in [1.165, 1.54) is 13.2 Å². The number of methoxy groups -OCH3 is 1. The second-order valence-corrected chi connectivity index (χ2v) is 5.63. The van der Waals surface area contributed by atoms with E-state index in [-0.39, 0.29) is 12.0 Å². The first-order valence-electron chi connectivity index (χ1n) is 8.09. The van der Waals surface area contributed by atoms with E-state index >= 15 is 0 Å². The first-order chi connectivity index (χ1) is 11.6. The Morgan fingerprint density at radius 1 is 1.29 bits per heavy atom. The number of esters is 1. The standard InChI is InChI=1S/C19H24O5/c1-14(8-11-19-23-12-5-13-24-19)15(9-10-18(21)22-2)16-6-3-4-7-17(16)20/h3-4,6-7,9-10,19-20H,5,8,11-13H2,1-2H3/b10-9+,15-14+. The molecule has 1 aliphatic heterocycles.